The Hall–Kier alpha value is -1.51. The molecule has 0 saturated heterocycles. The second-order valence-corrected chi connectivity index (χ2v) is 5.77. The van der Waals surface area contributed by atoms with Crippen LogP contribution in [-0.4, -0.2) is 25.5 Å². The number of nitrogens with zero attached hydrogens (tertiary/aromatic N) is 1. The summed E-state index contributed by atoms with van der Waals surface area (Å²) in [6.07, 6.45) is 0. The number of guanidine groups is 1. The number of anilines is 1. The molecular formula is C17H19Cl2IN4O. The maximum absolute atomic E-state index is 11.9. The first-order valence-corrected chi connectivity index (χ1v) is 8.07. The van der Waals surface area contributed by atoms with E-state index in [0.29, 0.717) is 22.5 Å². The summed E-state index contributed by atoms with van der Waals surface area (Å²) >= 11 is 12.0. The SMILES string of the molecule is CN=C(NCC(=O)Nc1ccccc1)NCc1ccc(Cl)cc1Cl.I. The second-order valence-electron chi connectivity index (χ2n) is 4.93. The summed E-state index contributed by atoms with van der Waals surface area (Å²) in [5.41, 5.74) is 1.64. The largest absolute Gasteiger partial charge is 0.352 e. The molecule has 0 aromatic heterocycles. The van der Waals surface area contributed by atoms with E-state index in [4.69, 9.17) is 23.2 Å². The first-order valence-electron chi connectivity index (χ1n) is 7.32. The molecule has 0 aliphatic carbocycles. The van der Waals surface area contributed by atoms with Gasteiger partial charge in [0.25, 0.3) is 0 Å². The van der Waals surface area contributed by atoms with Gasteiger partial charge in [-0.2, -0.15) is 0 Å². The number of hydrogen-bond acceptors (Lipinski definition) is 2. The second kappa shape index (κ2) is 11.2. The Balaban J connectivity index is 0.00000312. The molecule has 0 heterocycles. The third kappa shape index (κ3) is 7.50. The number of benzene rings is 2. The predicted octanol–water partition coefficient (Wildman–Crippen LogP) is 3.92. The minimum Gasteiger partial charge on any atom is -0.352 e. The maximum atomic E-state index is 11.9. The van der Waals surface area contributed by atoms with Crippen LogP contribution in [0.4, 0.5) is 5.69 Å². The topological polar surface area (TPSA) is 65.5 Å². The smallest absolute Gasteiger partial charge is 0.243 e. The Labute approximate surface area is 174 Å². The Morgan fingerprint density at radius 1 is 1.08 bits per heavy atom. The number of aliphatic imine (C=N–C) groups is 1. The average molecular weight is 493 g/mol. The van der Waals surface area contributed by atoms with E-state index in [-0.39, 0.29) is 36.4 Å². The summed E-state index contributed by atoms with van der Waals surface area (Å²) in [5.74, 6) is 0.345. The van der Waals surface area contributed by atoms with Crippen LogP contribution in [0.2, 0.25) is 10.0 Å². The van der Waals surface area contributed by atoms with Gasteiger partial charge in [0, 0.05) is 29.3 Å². The molecule has 0 saturated carbocycles. The van der Waals surface area contributed by atoms with Crippen LogP contribution in [0.1, 0.15) is 5.56 Å². The van der Waals surface area contributed by atoms with E-state index in [1.165, 1.54) is 0 Å². The van der Waals surface area contributed by atoms with Crippen molar-refractivity contribution in [2.24, 2.45) is 4.99 Å². The van der Waals surface area contributed by atoms with Gasteiger partial charge >= 0.3 is 0 Å². The van der Waals surface area contributed by atoms with Crippen molar-refractivity contribution in [2.75, 3.05) is 18.9 Å². The lowest BCUT2D eigenvalue weighted by Crippen LogP contribution is -2.41. The number of hydrogen-bond donors (Lipinski definition) is 3. The zero-order valence-corrected chi connectivity index (χ0v) is 17.4. The molecule has 0 aliphatic heterocycles. The van der Waals surface area contributed by atoms with Crippen molar-refractivity contribution in [1.29, 1.82) is 0 Å². The molecule has 8 heteroatoms. The van der Waals surface area contributed by atoms with Crippen molar-refractivity contribution < 1.29 is 4.79 Å². The molecule has 0 atom stereocenters. The van der Waals surface area contributed by atoms with Gasteiger partial charge in [-0.1, -0.05) is 47.5 Å². The molecule has 2 rings (SSSR count). The van der Waals surface area contributed by atoms with Crippen molar-refractivity contribution in [3.63, 3.8) is 0 Å². The molecule has 0 fully saturated rings. The highest BCUT2D eigenvalue weighted by Crippen LogP contribution is 2.20. The highest BCUT2D eigenvalue weighted by Gasteiger charge is 2.06. The molecule has 1 amide bonds. The first-order chi connectivity index (χ1) is 11.6. The van der Waals surface area contributed by atoms with E-state index < -0.39 is 0 Å². The minimum atomic E-state index is -0.159. The number of nitrogens with one attached hydrogen (secondary N) is 3. The van der Waals surface area contributed by atoms with Gasteiger partial charge in [-0.05, 0) is 29.8 Å². The zero-order chi connectivity index (χ0) is 17.4. The lowest BCUT2D eigenvalue weighted by Gasteiger charge is -2.13. The molecule has 25 heavy (non-hydrogen) atoms. The molecule has 0 spiro atoms. The van der Waals surface area contributed by atoms with Gasteiger partial charge < -0.3 is 16.0 Å². The Kier molecular flexibility index (Phi) is 9.62. The van der Waals surface area contributed by atoms with Gasteiger partial charge in [0.15, 0.2) is 5.96 Å². The van der Waals surface area contributed by atoms with Gasteiger partial charge in [-0.3, -0.25) is 9.79 Å². The van der Waals surface area contributed by atoms with Crippen LogP contribution in [0, 0.1) is 0 Å². The number of carbonyl (C=O) groups excluding carboxylic acids is 1. The van der Waals surface area contributed by atoms with Crippen molar-refractivity contribution in [1.82, 2.24) is 10.6 Å². The third-order valence-electron chi connectivity index (χ3n) is 3.16. The van der Waals surface area contributed by atoms with Gasteiger partial charge in [-0.25, -0.2) is 0 Å². The normalized spacial score (nSPS) is 10.6. The monoisotopic (exact) mass is 492 g/mol. The highest BCUT2D eigenvalue weighted by molar-refractivity contribution is 14.0. The molecule has 0 aliphatic rings. The van der Waals surface area contributed by atoms with Crippen LogP contribution in [0.15, 0.2) is 53.5 Å². The fraction of sp³-hybridized carbons (Fsp3) is 0.176. The third-order valence-corrected chi connectivity index (χ3v) is 3.75. The lowest BCUT2D eigenvalue weighted by atomic mass is 10.2. The number of rotatable bonds is 5. The fourth-order valence-electron chi connectivity index (χ4n) is 1.96. The van der Waals surface area contributed by atoms with Crippen molar-refractivity contribution in [3.05, 3.63) is 64.1 Å². The number of para-hydroxylation sites is 1. The summed E-state index contributed by atoms with van der Waals surface area (Å²) in [5, 5.41) is 10.00. The molecule has 0 unspecified atom stereocenters. The molecule has 0 bridgehead atoms. The van der Waals surface area contributed by atoms with E-state index in [0.717, 1.165) is 11.3 Å². The van der Waals surface area contributed by atoms with Crippen molar-refractivity contribution >= 4 is 64.7 Å². The van der Waals surface area contributed by atoms with E-state index in [1.54, 1.807) is 19.2 Å². The van der Waals surface area contributed by atoms with Crippen molar-refractivity contribution in [2.45, 2.75) is 6.54 Å². The van der Waals surface area contributed by atoms with Crippen LogP contribution in [-0.2, 0) is 11.3 Å². The number of carbonyl (C=O) groups is 1. The maximum Gasteiger partial charge on any atom is 0.243 e. The summed E-state index contributed by atoms with van der Waals surface area (Å²) in [6.45, 7) is 0.568. The van der Waals surface area contributed by atoms with E-state index in [9.17, 15) is 4.79 Å². The standard InChI is InChI=1S/C17H18Cl2N4O.HI/c1-20-17(21-10-12-7-8-13(18)9-15(12)19)22-11-16(24)23-14-5-3-2-4-6-14;/h2-9H,10-11H2,1H3,(H,23,24)(H2,20,21,22);1H. The summed E-state index contributed by atoms with van der Waals surface area (Å²) in [6, 6.07) is 14.6. The molecular weight excluding hydrogens is 474 g/mol. The van der Waals surface area contributed by atoms with Crippen LogP contribution >= 0.6 is 47.2 Å². The molecule has 5 nitrogen and oxygen atoms in total. The van der Waals surface area contributed by atoms with Gasteiger partial charge in [0.1, 0.15) is 0 Å². The molecule has 0 radical (unpaired) electrons. The van der Waals surface area contributed by atoms with Crippen LogP contribution < -0.4 is 16.0 Å². The van der Waals surface area contributed by atoms with Gasteiger partial charge in [0.05, 0.1) is 6.54 Å². The Morgan fingerprint density at radius 2 is 1.80 bits per heavy atom. The molecule has 134 valence electrons. The summed E-state index contributed by atoms with van der Waals surface area (Å²) in [7, 11) is 1.63. The fourth-order valence-corrected chi connectivity index (χ4v) is 2.43. The highest BCUT2D eigenvalue weighted by atomic mass is 127. The Bertz CT molecular complexity index is 726. The van der Waals surface area contributed by atoms with Gasteiger partial charge in [0.2, 0.25) is 5.91 Å². The number of amides is 1. The molecule has 2 aromatic rings. The van der Waals surface area contributed by atoms with Crippen molar-refractivity contribution in [3.8, 4) is 0 Å². The summed E-state index contributed by atoms with van der Waals surface area (Å²) < 4.78 is 0. The number of halogens is 3. The lowest BCUT2D eigenvalue weighted by molar-refractivity contribution is -0.115. The summed E-state index contributed by atoms with van der Waals surface area (Å²) in [4.78, 5) is 16.0. The van der Waals surface area contributed by atoms with Gasteiger partial charge in [-0.15, -0.1) is 24.0 Å². The minimum absolute atomic E-state index is 0. The average Bonchev–Trinajstić information content (AvgIpc) is 2.57. The molecule has 3 N–H and O–H groups in total. The quantitative estimate of drug-likeness (QED) is 0.337. The zero-order valence-electron chi connectivity index (χ0n) is 13.6. The van der Waals surface area contributed by atoms with E-state index in [2.05, 4.69) is 20.9 Å². The predicted molar refractivity (Wildman–Crippen MR) is 115 cm³/mol. The van der Waals surface area contributed by atoms with E-state index in [1.807, 2.05) is 36.4 Å². The molecule has 2 aromatic carbocycles. The van der Waals surface area contributed by atoms with E-state index >= 15 is 0 Å². The first kappa shape index (κ1) is 21.5. The van der Waals surface area contributed by atoms with Crippen LogP contribution in [0.5, 0.6) is 0 Å². The van der Waals surface area contributed by atoms with Crippen LogP contribution in [0.25, 0.3) is 0 Å². The van der Waals surface area contributed by atoms with Crippen LogP contribution in [0.3, 0.4) is 0 Å². The Morgan fingerprint density at radius 3 is 2.44 bits per heavy atom.